The van der Waals surface area contributed by atoms with Gasteiger partial charge in [0.2, 0.25) is 5.95 Å². The lowest BCUT2D eigenvalue weighted by molar-refractivity contribution is 0.164. The van der Waals surface area contributed by atoms with Crippen LogP contribution in [0.15, 0.2) is 30.3 Å². The molecule has 5 nitrogen and oxygen atoms in total. The minimum absolute atomic E-state index is 0.0862. The van der Waals surface area contributed by atoms with Gasteiger partial charge in [0.25, 0.3) is 0 Å². The van der Waals surface area contributed by atoms with Gasteiger partial charge >= 0.3 is 0 Å². The predicted octanol–water partition coefficient (Wildman–Crippen LogP) is 3.66. The highest BCUT2D eigenvalue weighted by Crippen LogP contribution is 2.28. The number of anilines is 3. The summed E-state index contributed by atoms with van der Waals surface area (Å²) < 4.78 is 13.1. The van der Waals surface area contributed by atoms with Crippen LogP contribution >= 0.6 is 0 Å². The molecule has 1 unspecified atom stereocenters. The lowest BCUT2D eigenvalue weighted by Gasteiger charge is -2.28. The average Bonchev–Trinajstić information content (AvgIpc) is 3.07. The van der Waals surface area contributed by atoms with Crippen LogP contribution in [-0.2, 0) is 6.42 Å². The molecule has 0 radical (unpaired) electrons. The summed E-state index contributed by atoms with van der Waals surface area (Å²) in [4.78, 5) is 11.4. The monoisotopic (exact) mass is 344 g/mol. The summed E-state index contributed by atoms with van der Waals surface area (Å²) in [6, 6.07) is 8.24. The van der Waals surface area contributed by atoms with E-state index in [9.17, 15) is 9.50 Å². The molecule has 25 heavy (non-hydrogen) atoms. The van der Waals surface area contributed by atoms with Crippen molar-refractivity contribution in [2.24, 2.45) is 0 Å². The lowest BCUT2D eigenvalue weighted by Crippen LogP contribution is -2.38. The molecule has 0 spiro atoms. The normalized spacial score (nSPS) is 18.4. The second-order valence-electron chi connectivity index (χ2n) is 6.57. The number of halogens is 1. The first-order chi connectivity index (χ1) is 12.1. The number of aromatic nitrogens is 2. The minimum Gasteiger partial charge on any atom is -0.391 e. The first-order valence-electron chi connectivity index (χ1n) is 8.92. The summed E-state index contributed by atoms with van der Waals surface area (Å²) >= 11 is 0. The van der Waals surface area contributed by atoms with E-state index < -0.39 is 6.10 Å². The Bertz CT molecular complexity index is 705. The van der Waals surface area contributed by atoms with Gasteiger partial charge in [0.15, 0.2) is 0 Å². The van der Waals surface area contributed by atoms with Crippen LogP contribution in [0.3, 0.4) is 0 Å². The van der Waals surface area contributed by atoms with E-state index >= 15 is 0 Å². The lowest BCUT2D eigenvalue weighted by atomic mass is 10.1. The highest BCUT2D eigenvalue weighted by molar-refractivity contribution is 5.56. The van der Waals surface area contributed by atoms with Crippen LogP contribution in [0.25, 0.3) is 0 Å². The molecule has 1 aromatic carbocycles. The third-order valence-electron chi connectivity index (χ3n) is 4.52. The Morgan fingerprint density at radius 3 is 2.76 bits per heavy atom. The molecule has 2 heterocycles. The Balaban J connectivity index is 1.90. The van der Waals surface area contributed by atoms with Crippen molar-refractivity contribution in [1.29, 1.82) is 0 Å². The maximum atomic E-state index is 13.1. The summed E-state index contributed by atoms with van der Waals surface area (Å²) in [5.74, 6) is 1.07. The molecule has 6 heteroatoms. The number of aryl methyl sites for hydroxylation is 1. The van der Waals surface area contributed by atoms with Gasteiger partial charge in [0.05, 0.1) is 12.1 Å². The van der Waals surface area contributed by atoms with Gasteiger partial charge in [-0.05, 0) is 50.5 Å². The summed E-state index contributed by atoms with van der Waals surface area (Å²) in [5, 5.41) is 13.2. The van der Waals surface area contributed by atoms with Gasteiger partial charge in [-0.1, -0.05) is 13.3 Å². The van der Waals surface area contributed by atoms with Crippen molar-refractivity contribution in [3.8, 4) is 0 Å². The van der Waals surface area contributed by atoms with Gasteiger partial charge in [-0.2, -0.15) is 4.98 Å². The number of nitrogens with zero attached hydrogens (tertiary/aromatic N) is 3. The maximum absolute atomic E-state index is 13.1. The smallest absolute Gasteiger partial charge is 0.229 e. The Labute approximate surface area is 147 Å². The SMILES string of the molecule is CCCc1cc(N2CCCC2[C@H](C)O)nc(Nc2ccc(F)cc2)n1. The predicted molar refractivity (Wildman–Crippen MR) is 97.8 cm³/mol. The van der Waals surface area contributed by atoms with Crippen LogP contribution in [0, 0.1) is 5.82 Å². The Morgan fingerprint density at radius 2 is 2.08 bits per heavy atom. The molecule has 2 aromatic rings. The van der Waals surface area contributed by atoms with Crippen LogP contribution in [0.2, 0.25) is 0 Å². The van der Waals surface area contributed by atoms with Crippen LogP contribution in [0.1, 0.15) is 38.8 Å². The molecule has 0 saturated carbocycles. The molecule has 1 saturated heterocycles. The zero-order valence-electron chi connectivity index (χ0n) is 14.7. The van der Waals surface area contributed by atoms with E-state index in [1.54, 1.807) is 12.1 Å². The second-order valence-corrected chi connectivity index (χ2v) is 6.57. The van der Waals surface area contributed by atoms with Crippen molar-refractivity contribution >= 4 is 17.5 Å². The molecule has 1 aliphatic rings. The average molecular weight is 344 g/mol. The Hall–Kier alpha value is -2.21. The molecule has 1 aromatic heterocycles. The standard InChI is InChI=1S/C19H25FN4O/c1-3-5-16-12-18(24-11-4-6-17(24)13(2)25)23-19(22-16)21-15-9-7-14(20)8-10-15/h7-10,12-13,17,25H,3-6,11H2,1-2H3,(H,21,22,23)/t13-,17?/m0/s1. The van der Waals surface area contributed by atoms with E-state index in [1.165, 1.54) is 12.1 Å². The molecule has 0 aliphatic carbocycles. The zero-order chi connectivity index (χ0) is 17.8. The van der Waals surface area contributed by atoms with Crippen molar-refractivity contribution in [3.63, 3.8) is 0 Å². The fourth-order valence-electron chi connectivity index (χ4n) is 3.31. The molecular formula is C19H25FN4O. The molecule has 1 fully saturated rings. The van der Waals surface area contributed by atoms with E-state index in [-0.39, 0.29) is 11.9 Å². The number of nitrogens with one attached hydrogen (secondary N) is 1. The molecule has 2 atom stereocenters. The van der Waals surface area contributed by atoms with E-state index in [2.05, 4.69) is 27.1 Å². The fourth-order valence-corrected chi connectivity index (χ4v) is 3.31. The number of aliphatic hydroxyl groups excluding tert-OH is 1. The first kappa shape index (κ1) is 17.6. The van der Waals surface area contributed by atoms with Crippen molar-refractivity contribution in [1.82, 2.24) is 9.97 Å². The molecule has 0 amide bonds. The van der Waals surface area contributed by atoms with Crippen molar-refractivity contribution in [3.05, 3.63) is 41.8 Å². The van der Waals surface area contributed by atoms with Crippen LogP contribution in [-0.4, -0.2) is 33.8 Å². The number of rotatable bonds is 6. The minimum atomic E-state index is -0.402. The molecule has 1 aliphatic heterocycles. The van der Waals surface area contributed by atoms with Crippen molar-refractivity contribution in [2.45, 2.75) is 51.7 Å². The Morgan fingerprint density at radius 1 is 1.32 bits per heavy atom. The van der Waals surface area contributed by atoms with Gasteiger partial charge in [-0.25, -0.2) is 9.37 Å². The number of benzene rings is 1. The molecule has 2 N–H and O–H groups in total. The highest BCUT2D eigenvalue weighted by Gasteiger charge is 2.29. The Kier molecular flexibility index (Phi) is 5.48. The van der Waals surface area contributed by atoms with Gasteiger partial charge in [-0.15, -0.1) is 0 Å². The second kappa shape index (κ2) is 7.78. The van der Waals surface area contributed by atoms with E-state index in [0.717, 1.165) is 49.4 Å². The third kappa shape index (κ3) is 4.25. The van der Waals surface area contributed by atoms with Gasteiger partial charge < -0.3 is 15.3 Å². The van der Waals surface area contributed by atoms with Crippen molar-refractivity contribution in [2.75, 3.05) is 16.8 Å². The van der Waals surface area contributed by atoms with E-state index in [1.807, 2.05) is 13.0 Å². The van der Waals surface area contributed by atoms with Crippen LogP contribution in [0.4, 0.5) is 21.8 Å². The maximum Gasteiger partial charge on any atom is 0.229 e. The number of hydrogen-bond acceptors (Lipinski definition) is 5. The molecule has 3 rings (SSSR count). The van der Waals surface area contributed by atoms with Gasteiger partial charge in [0, 0.05) is 24.0 Å². The highest BCUT2D eigenvalue weighted by atomic mass is 19.1. The topological polar surface area (TPSA) is 61.3 Å². The molecule has 134 valence electrons. The fraction of sp³-hybridized carbons (Fsp3) is 0.474. The quantitative estimate of drug-likeness (QED) is 0.837. The first-order valence-corrected chi connectivity index (χ1v) is 8.92. The largest absolute Gasteiger partial charge is 0.391 e. The van der Waals surface area contributed by atoms with Crippen LogP contribution < -0.4 is 10.2 Å². The van der Waals surface area contributed by atoms with Crippen LogP contribution in [0.5, 0.6) is 0 Å². The van der Waals surface area contributed by atoms with E-state index in [0.29, 0.717) is 5.95 Å². The third-order valence-corrected chi connectivity index (χ3v) is 4.52. The summed E-state index contributed by atoms with van der Waals surface area (Å²) in [6.07, 6.45) is 3.46. The zero-order valence-corrected chi connectivity index (χ0v) is 14.7. The summed E-state index contributed by atoms with van der Waals surface area (Å²) in [7, 11) is 0. The summed E-state index contributed by atoms with van der Waals surface area (Å²) in [6.45, 7) is 4.83. The van der Waals surface area contributed by atoms with Gasteiger partial charge in [0.1, 0.15) is 11.6 Å². The van der Waals surface area contributed by atoms with E-state index in [4.69, 9.17) is 0 Å². The molecular weight excluding hydrogens is 319 g/mol. The molecule has 0 bridgehead atoms. The number of aliphatic hydroxyl groups is 1. The summed E-state index contributed by atoms with van der Waals surface area (Å²) in [5.41, 5.74) is 1.71. The number of hydrogen-bond donors (Lipinski definition) is 2. The van der Waals surface area contributed by atoms with Crippen molar-refractivity contribution < 1.29 is 9.50 Å². The van der Waals surface area contributed by atoms with Gasteiger partial charge in [-0.3, -0.25) is 0 Å².